The van der Waals surface area contributed by atoms with Crippen LogP contribution in [0.3, 0.4) is 0 Å². The van der Waals surface area contributed by atoms with Gasteiger partial charge in [-0.1, -0.05) is 25.5 Å². The third kappa shape index (κ3) is 3.01. The first kappa shape index (κ1) is 13.8. The Morgan fingerprint density at radius 3 is 2.83 bits per heavy atom. The summed E-state index contributed by atoms with van der Waals surface area (Å²) < 4.78 is 12.7. The lowest BCUT2D eigenvalue weighted by molar-refractivity contribution is 0.302. The molecular weight excluding hydrogens is 242 g/mol. The van der Waals surface area contributed by atoms with E-state index in [1.54, 1.807) is 0 Å². The quantitative estimate of drug-likeness (QED) is 0.913. The van der Waals surface area contributed by atoms with Gasteiger partial charge in [0.15, 0.2) is 0 Å². The summed E-state index contributed by atoms with van der Waals surface area (Å²) in [5, 5.41) is 0.237. The second-order valence-electron chi connectivity index (χ2n) is 5.57. The molecule has 1 aliphatic carbocycles. The van der Waals surface area contributed by atoms with Gasteiger partial charge in [-0.25, -0.2) is 0 Å². The first-order chi connectivity index (χ1) is 8.61. The van der Waals surface area contributed by atoms with Crippen molar-refractivity contribution in [3.8, 4) is 0 Å². The lowest BCUT2D eigenvalue weighted by Crippen LogP contribution is -2.36. The van der Waals surface area contributed by atoms with E-state index in [1.165, 1.54) is 12.0 Å². The van der Waals surface area contributed by atoms with Crippen molar-refractivity contribution in [3.63, 3.8) is 0 Å². The third-order valence-corrected chi connectivity index (χ3v) is 5.84. The summed E-state index contributed by atoms with van der Waals surface area (Å²) in [7, 11) is -0.911. The molecule has 0 amide bonds. The lowest BCUT2D eigenvalue weighted by atomic mass is 9.82. The summed E-state index contributed by atoms with van der Waals surface area (Å²) in [5.41, 5.74) is 7.03. The monoisotopic (exact) mass is 265 g/mol. The summed E-state index contributed by atoms with van der Waals surface area (Å²) in [6.45, 7) is 4.97. The zero-order valence-corrected chi connectivity index (χ0v) is 12.1. The molecule has 0 heterocycles. The van der Waals surface area contributed by atoms with Crippen molar-refractivity contribution < 1.29 is 4.21 Å². The molecule has 0 saturated heterocycles. The minimum atomic E-state index is -0.911. The third-order valence-electron chi connectivity index (χ3n) is 3.99. The van der Waals surface area contributed by atoms with Crippen molar-refractivity contribution in [1.82, 2.24) is 0 Å². The molecule has 0 spiro atoms. The fraction of sp³-hybridized carbons (Fsp3) is 0.600. The topological polar surface area (TPSA) is 43.1 Å². The molecule has 4 unspecified atom stereocenters. The Labute approximate surface area is 112 Å². The zero-order valence-electron chi connectivity index (χ0n) is 11.3. The number of hydrogen-bond donors (Lipinski definition) is 1. The molecule has 1 fully saturated rings. The maximum Gasteiger partial charge on any atom is 0.0564 e. The fourth-order valence-electron chi connectivity index (χ4n) is 2.84. The number of benzene rings is 1. The van der Waals surface area contributed by atoms with Crippen LogP contribution in [-0.4, -0.2) is 16.0 Å². The Morgan fingerprint density at radius 1 is 1.39 bits per heavy atom. The summed E-state index contributed by atoms with van der Waals surface area (Å²) in [5.74, 6) is 1.09. The molecule has 1 aromatic rings. The molecule has 2 N–H and O–H groups in total. The highest BCUT2D eigenvalue weighted by molar-refractivity contribution is 7.85. The molecule has 1 aliphatic rings. The SMILES string of the molecule is Cc1cccc(S(=O)C2CC(C)CCC2CN)c1. The van der Waals surface area contributed by atoms with E-state index < -0.39 is 10.8 Å². The second kappa shape index (κ2) is 5.98. The van der Waals surface area contributed by atoms with Crippen LogP contribution in [0.25, 0.3) is 0 Å². The second-order valence-corrected chi connectivity index (χ2v) is 7.24. The van der Waals surface area contributed by atoms with E-state index in [-0.39, 0.29) is 5.25 Å². The predicted octanol–water partition coefficient (Wildman–Crippen LogP) is 2.87. The molecule has 0 aliphatic heterocycles. The molecule has 3 heteroatoms. The van der Waals surface area contributed by atoms with Gasteiger partial charge in [-0.05, 0) is 55.8 Å². The van der Waals surface area contributed by atoms with Crippen LogP contribution in [0.2, 0.25) is 0 Å². The van der Waals surface area contributed by atoms with Crippen molar-refractivity contribution in [2.24, 2.45) is 17.6 Å². The number of hydrogen-bond acceptors (Lipinski definition) is 2. The van der Waals surface area contributed by atoms with Crippen LogP contribution < -0.4 is 5.73 Å². The maximum atomic E-state index is 12.7. The number of rotatable bonds is 3. The Morgan fingerprint density at radius 2 is 2.17 bits per heavy atom. The van der Waals surface area contributed by atoms with Crippen LogP contribution in [0.4, 0.5) is 0 Å². The van der Waals surface area contributed by atoms with Gasteiger partial charge in [-0.15, -0.1) is 0 Å². The van der Waals surface area contributed by atoms with Crippen LogP contribution >= 0.6 is 0 Å². The van der Waals surface area contributed by atoms with Gasteiger partial charge in [0, 0.05) is 10.1 Å². The molecule has 2 nitrogen and oxygen atoms in total. The molecule has 0 radical (unpaired) electrons. The largest absolute Gasteiger partial charge is 0.330 e. The van der Waals surface area contributed by atoms with E-state index in [4.69, 9.17) is 5.73 Å². The zero-order chi connectivity index (χ0) is 13.1. The maximum absolute atomic E-state index is 12.7. The minimum Gasteiger partial charge on any atom is -0.330 e. The molecule has 18 heavy (non-hydrogen) atoms. The molecule has 0 aromatic heterocycles. The van der Waals surface area contributed by atoms with E-state index in [2.05, 4.69) is 6.92 Å². The summed E-state index contributed by atoms with van der Waals surface area (Å²) in [6, 6.07) is 8.07. The van der Waals surface area contributed by atoms with E-state index in [0.29, 0.717) is 18.4 Å². The summed E-state index contributed by atoms with van der Waals surface area (Å²) >= 11 is 0. The van der Waals surface area contributed by atoms with Crippen LogP contribution in [0.1, 0.15) is 31.7 Å². The van der Waals surface area contributed by atoms with Crippen molar-refractivity contribution in [2.75, 3.05) is 6.54 Å². The molecule has 0 bridgehead atoms. The minimum absolute atomic E-state index is 0.237. The Kier molecular flexibility index (Phi) is 4.57. The predicted molar refractivity (Wildman–Crippen MR) is 76.9 cm³/mol. The average Bonchev–Trinajstić information content (AvgIpc) is 2.38. The van der Waals surface area contributed by atoms with E-state index in [0.717, 1.165) is 17.7 Å². The van der Waals surface area contributed by atoms with Gasteiger partial charge in [-0.2, -0.15) is 0 Å². The number of nitrogens with two attached hydrogens (primary N) is 1. The summed E-state index contributed by atoms with van der Waals surface area (Å²) in [4.78, 5) is 0.965. The Hall–Kier alpha value is -0.670. The highest BCUT2D eigenvalue weighted by atomic mass is 32.2. The van der Waals surface area contributed by atoms with Crippen LogP contribution in [-0.2, 0) is 10.8 Å². The number of aryl methyl sites for hydroxylation is 1. The van der Waals surface area contributed by atoms with Crippen molar-refractivity contribution in [2.45, 2.75) is 43.3 Å². The van der Waals surface area contributed by atoms with Crippen molar-refractivity contribution in [3.05, 3.63) is 29.8 Å². The lowest BCUT2D eigenvalue weighted by Gasteiger charge is -2.33. The van der Waals surface area contributed by atoms with E-state index in [1.807, 2.05) is 31.2 Å². The first-order valence-electron chi connectivity index (χ1n) is 6.79. The van der Waals surface area contributed by atoms with Gasteiger partial charge >= 0.3 is 0 Å². The molecule has 1 aromatic carbocycles. The molecule has 2 rings (SSSR count). The highest BCUT2D eigenvalue weighted by Gasteiger charge is 2.32. The van der Waals surface area contributed by atoms with Gasteiger partial charge < -0.3 is 5.73 Å². The van der Waals surface area contributed by atoms with Gasteiger partial charge in [0.25, 0.3) is 0 Å². The molecule has 4 atom stereocenters. The molecular formula is C15H23NOS. The van der Waals surface area contributed by atoms with Gasteiger partial charge in [0.05, 0.1) is 10.8 Å². The van der Waals surface area contributed by atoms with Crippen LogP contribution in [0, 0.1) is 18.8 Å². The van der Waals surface area contributed by atoms with Gasteiger partial charge in [0.2, 0.25) is 0 Å². The Balaban J connectivity index is 2.20. The standard InChI is InChI=1S/C15H23NOS/c1-11-4-3-5-14(8-11)18(17)15-9-12(2)6-7-13(15)10-16/h3-5,8,12-13,15H,6-7,9-10,16H2,1-2H3. The van der Waals surface area contributed by atoms with Crippen molar-refractivity contribution >= 4 is 10.8 Å². The summed E-state index contributed by atoms with van der Waals surface area (Å²) in [6.07, 6.45) is 3.39. The van der Waals surface area contributed by atoms with Crippen LogP contribution in [0.5, 0.6) is 0 Å². The van der Waals surface area contributed by atoms with E-state index >= 15 is 0 Å². The first-order valence-corrected chi connectivity index (χ1v) is 8.00. The van der Waals surface area contributed by atoms with Crippen molar-refractivity contribution in [1.29, 1.82) is 0 Å². The Bertz CT molecular complexity index is 432. The fourth-order valence-corrected chi connectivity index (χ4v) is 4.80. The molecule has 1 saturated carbocycles. The van der Waals surface area contributed by atoms with Gasteiger partial charge in [0.1, 0.15) is 0 Å². The van der Waals surface area contributed by atoms with E-state index in [9.17, 15) is 4.21 Å². The van der Waals surface area contributed by atoms with Crippen LogP contribution in [0.15, 0.2) is 29.2 Å². The normalized spacial score (nSPS) is 30.1. The highest BCUT2D eigenvalue weighted by Crippen LogP contribution is 2.33. The average molecular weight is 265 g/mol. The van der Waals surface area contributed by atoms with Gasteiger partial charge in [-0.3, -0.25) is 4.21 Å². The smallest absolute Gasteiger partial charge is 0.0564 e. The molecule has 100 valence electrons.